The van der Waals surface area contributed by atoms with Gasteiger partial charge in [-0.25, -0.2) is 0 Å². The molecule has 0 atom stereocenters. The highest BCUT2D eigenvalue weighted by Crippen LogP contribution is 2.32. The number of unbranched alkanes of at least 4 members (excludes halogenated alkanes) is 1. The van der Waals surface area contributed by atoms with E-state index >= 15 is 0 Å². The summed E-state index contributed by atoms with van der Waals surface area (Å²) in [6.45, 7) is 3.84. The molecule has 1 aliphatic rings. The van der Waals surface area contributed by atoms with Crippen molar-refractivity contribution in [2.75, 3.05) is 13.3 Å². The Morgan fingerprint density at radius 1 is 1.09 bits per heavy atom. The van der Waals surface area contributed by atoms with Gasteiger partial charge in [0.25, 0.3) is 0 Å². The molecule has 0 amide bonds. The molecule has 120 valence electrons. The van der Waals surface area contributed by atoms with Gasteiger partial charge in [-0.2, -0.15) is 0 Å². The molecule has 1 aromatic carbocycles. The lowest BCUT2D eigenvalue weighted by Crippen LogP contribution is -2.50. The van der Waals surface area contributed by atoms with Crippen LogP contribution >= 0.6 is 24.4 Å². The van der Waals surface area contributed by atoms with Gasteiger partial charge in [-0.05, 0) is 48.6 Å². The van der Waals surface area contributed by atoms with E-state index in [9.17, 15) is 0 Å². The molecule has 0 radical (unpaired) electrons. The Kier molecular flexibility index (Phi) is 6.47. The first-order chi connectivity index (χ1) is 10.7. The maximum absolute atomic E-state index is 5.34. The van der Waals surface area contributed by atoms with Crippen LogP contribution in [0.1, 0.15) is 25.3 Å². The number of hydrogen-bond donors (Lipinski definition) is 4. The quantitative estimate of drug-likeness (QED) is 0.366. The Hall–Kier alpha value is -1.80. The van der Waals surface area contributed by atoms with Crippen LogP contribution in [-0.4, -0.2) is 23.6 Å². The zero-order chi connectivity index (χ0) is 15.8. The van der Waals surface area contributed by atoms with E-state index in [4.69, 9.17) is 33.9 Å². The van der Waals surface area contributed by atoms with Gasteiger partial charge in [0.1, 0.15) is 0 Å². The summed E-state index contributed by atoms with van der Waals surface area (Å²) in [7, 11) is 0. The third-order valence-electron chi connectivity index (χ3n) is 3.00. The first-order valence-corrected chi connectivity index (χ1v) is 7.97. The van der Waals surface area contributed by atoms with Crippen molar-refractivity contribution >= 4 is 34.7 Å². The molecule has 0 saturated heterocycles. The summed E-state index contributed by atoms with van der Waals surface area (Å²) in [5.41, 5.74) is 6.74. The summed E-state index contributed by atoms with van der Waals surface area (Å²) >= 11 is 10.3. The van der Waals surface area contributed by atoms with E-state index in [2.05, 4.69) is 28.4 Å². The molecule has 0 spiro atoms. The van der Waals surface area contributed by atoms with E-state index < -0.39 is 0 Å². The van der Waals surface area contributed by atoms with Gasteiger partial charge in [0.05, 0.1) is 0 Å². The number of rotatable bonds is 5. The summed E-state index contributed by atoms with van der Waals surface area (Å²) in [5, 5.41) is 7.17. The van der Waals surface area contributed by atoms with Crippen LogP contribution < -0.4 is 31.0 Å². The molecule has 2 rings (SSSR count). The molecule has 6 nitrogen and oxygen atoms in total. The second kappa shape index (κ2) is 8.60. The van der Waals surface area contributed by atoms with Gasteiger partial charge < -0.3 is 20.1 Å². The van der Waals surface area contributed by atoms with Crippen molar-refractivity contribution in [1.29, 1.82) is 0 Å². The lowest BCUT2D eigenvalue weighted by Gasteiger charge is -2.14. The van der Waals surface area contributed by atoms with Crippen LogP contribution in [0.5, 0.6) is 11.5 Å². The van der Waals surface area contributed by atoms with Crippen LogP contribution in [0.4, 0.5) is 0 Å². The second-order valence-electron chi connectivity index (χ2n) is 4.73. The van der Waals surface area contributed by atoms with Crippen molar-refractivity contribution in [2.45, 2.75) is 26.3 Å². The van der Waals surface area contributed by atoms with E-state index in [-0.39, 0.29) is 6.79 Å². The monoisotopic (exact) mass is 340 g/mol. The van der Waals surface area contributed by atoms with Gasteiger partial charge in [0.15, 0.2) is 21.7 Å². The highest BCUT2D eigenvalue weighted by atomic mass is 32.1. The van der Waals surface area contributed by atoms with Crippen LogP contribution in [-0.2, 0) is 6.54 Å². The number of nitrogens with one attached hydrogen (secondary N) is 4. The molecule has 22 heavy (non-hydrogen) atoms. The minimum absolute atomic E-state index is 0.276. The number of thiocarbonyl (C=S) groups is 2. The summed E-state index contributed by atoms with van der Waals surface area (Å²) < 4.78 is 10.6. The molecule has 0 fully saturated rings. The maximum atomic E-state index is 5.34. The molecule has 0 saturated carbocycles. The van der Waals surface area contributed by atoms with Crippen molar-refractivity contribution in [3.8, 4) is 11.5 Å². The number of hydrazine groups is 1. The predicted octanol–water partition coefficient (Wildman–Crippen LogP) is 1.56. The Labute approximate surface area is 140 Å². The molecular formula is C14H20N4O2S2. The van der Waals surface area contributed by atoms with E-state index in [1.165, 1.54) is 0 Å². The number of ether oxygens (including phenoxy) is 2. The second-order valence-corrected chi connectivity index (χ2v) is 5.55. The lowest BCUT2D eigenvalue weighted by molar-refractivity contribution is 0.174. The van der Waals surface area contributed by atoms with Crippen molar-refractivity contribution in [3.63, 3.8) is 0 Å². The minimum atomic E-state index is 0.276. The molecule has 0 aliphatic carbocycles. The average molecular weight is 340 g/mol. The van der Waals surface area contributed by atoms with Crippen molar-refractivity contribution in [2.24, 2.45) is 0 Å². The predicted molar refractivity (Wildman–Crippen MR) is 93.8 cm³/mol. The zero-order valence-corrected chi connectivity index (χ0v) is 14.0. The molecule has 1 heterocycles. The summed E-state index contributed by atoms with van der Waals surface area (Å²) in [5.74, 6) is 1.53. The molecule has 1 aliphatic heterocycles. The van der Waals surface area contributed by atoms with Gasteiger partial charge >= 0.3 is 0 Å². The standard InChI is InChI=1S/C14H20N4O2S2/c1-2-3-6-15-13(21)17-18-14(22)16-8-10-4-5-11-12(7-10)20-9-19-11/h4-5,7H,2-3,6,8-9H2,1H3,(H2,15,17,21)(H2,16,18,22). The van der Waals surface area contributed by atoms with Gasteiger partial charge in [0.2, 0.25) is 6.79 Å². The molecule has 0 bridgehead atoms. The number of hydrogen-bond acceptors (Lipinski definition) is 4. The third kappa shape index (κ3) is 5.19. The summed E-state index contributed by atoms with van der Waals surface area (Å²) in [6, 6.07) is 5.79. The lowest BCUT2D eigenvalue weighted by atomic mass is 10.2. The first kappa shape index (κ1) is 16.6. The van der Waals surface area contributed by atoms with Crippen molar-refractivity contribution in [1.82, 2.24) is 21.5 Å². The first-order valence-electron chi connectivity index (χ1n) is 7.15. The van der Waals surface area contributed by atoms with Crippen LogP contribution in [0, 0.1) is 0 Å². The molecule has 0 aromatic heterocycles. The van der Waals surface area contributed by atoms with Gasteiger partial charge in [-0.15, -0.1) is 0 Å². The fourth-order valence-electron chi connectivity index (χ4n) is 1.81. The van der Waals surface area contributed by atoms with Crippen LogP contribution in [0.15, 0.2) is 18.2 Å². The van der Waals surface area contributed by atoms with Crippen LogP contribution in [0.3, 0.4) is 0 Å². The Bertz CT molecular complexity index is 540. The third-order valence-corrected chi connectivity index (χ3v) is 3.49. The highest BCUT2D eigenvalue weighted by molar-refractivity contribution is 7.80. The summed E-state index contributed by atoms with van der Waals surface area (Å²) in [4.78, 5) is 0. The summed E-state index contributed by atoms with van der Waals surface area (Å²) in [6.07, 6.45) is 2.20. The molecule has 4 N–H and O–H groups in total. The Morgan fingerprint density at radius 3 is 2.59 bits per heavy atom. The fourth-order valence-corrected chi connectivity index (χ4v) is 2.09. The Morgan fingerprint density at radius 2 is 1.82 bits per heavy atom. The van der Waals surface area contributed by atoms with Crippen molar-refractivity contribution in [3.05, 3.63) is 23.8 Å². The molecule has 1 aromatic rings. The largest absolute Gasteiger partial charge is 0.454 e. The van der Waals surface area contributed by atoms with Gasteiger partial charge in [-0.3, -0.25) is 10.9 Å². The van der Waals surface area contributed by atoms with E-state index in [0.29, 0.717) is 16.8 Å². The molecule has 8 heteroatoms. The molecule has 0 unspecified atom stereocenters. The van der Waals surface area contributed by atoms with E-state index in [0.717, 1.165) is 36.4 Å². The topological polar surface area (TPSA) is 66.6 Å². The van der Waals surface area contributed by atoms with Gasteiger partial charge in [0, 0.05) is 13.1 Å². The smallest absolute Gasteiger partial charge is 0.231 e. The SMILES string of the molecule is CCCCNC(=S)NNC(=S)NCc1ccc2c(c1)OCO2. The number of benzene rings is 1. The zero-order valence-electron chi connectivity index (χ0n) is 12.4. The minimum Gasteiger partial charge on any atom is -0.454 e. The average Bonchev–Trinajstić information content (AvgIpc) is 2.98. The van der Waals surface area contributed by atoms with E-state index in [1.54, 1.807) is 0 Å². The maximum Gasteiger partial charge on any atom is 0.231 e. The van der Waals surface area contributed by atoms with Crippen LogP contribution in [0.25, 0.3) is 0 Å². The normalized spacial score (nSPS) is 11.7. The van der Waals surface area contributed by atoms with Gasteiger partial charge in [-0.1, -0.05) is 19.4 Å². The van der Waals surface area contributed by atoms with Crippen LogP contribution in [0.2, 0.25) is 0 Å². The fraction of sp³-hybridized carbons (Fsp3) is 0.429. The van der Waals surface area contributed by atoms with Crippen molar-refractivity contribution < 1.29 is 9.47 Å². The highest BCUT2D eigenvalue weighted by Gasteiger charge is 2.12. The Balaban J connectivity index is 1.66. The molecular weight excluding hydrogens is 320 g/mol. The van der Waals surface area contributed by atoms with E-state index in [1.807, 2.05) is 18.2 Å². The number of fused-ring (bicyclic) bond motifs is 1.